The molecule has 2 aromatic heterocycles. The van der Waals surface area contributed by atoms with Gasteiger partial charge in [0.15, 0.2) is 0 Å². The molecule has 3 aromatic rings. The molecule has 0 aliphatic heterocycles. The Bertz CT molecular complexity index is 753. The van der Waals surface area contributed by atoms with E-state index in [1.54, 1.807) is 36.7 Å². The Balaban J connectivity index is 1.98. The van der Waals surface area contributed by atoms with E-state index in [0.29, 0.717) is 17.0 Å². The molecule has 0 unspecified atom stereocenters. The van der Waals surface area contributed by atoms with Crippen LogP contribution in [0.1, 0.15) is 10.4 Å². The molecule has 0 bridgehead atoms. The van der Waals surface area contributed by atoms with Crippen LogP contribution in [-0.4, -0.2) is 26.3 Å². The predicted octanol–water partition coefficient (Wildman–Crippen LogP) is 2.50. The molecule has 6 heteroatoms. The van der Waals surface area contributed by atoms with E-state index in [-0.39, 0.29) is 11.5 Å². The molecule has 0 radical (unpaired) electrons. The number of aromatic carboxylic acids is 1. The highest BCUT2D eigenvalue weighted by molar-refractivity contribution is 5.88. The third-order valence-corrected chi connectivity index (χ3v) is 2.69. The number of carbonyl (C=O) groups is 1. The molecule has 6 nitrogen and oxygen atoms in total. The fourth-order valence-corrected chi connectivity index (χ4v) is 1.73. The molecule has 0 amide bonds. The summed E-state index contributed by atoms with van der Waals surface area (Å²) in [6.45, 7) is 0. The molecule has 1 aromatic carbocycles. The highest BCUT2D eigenvalue weighted by Gasteiger charge is 2.12. The van der Waals surface area contributed by atoms with Crippen LogP contribution in [0.2, 0.25) is 0 Å². The Morgan fingerprint density at radius 3 is 2.50 bits per heavy atom. The summed E-state index contributed by atoms with van der Waals surface area (Å²) in [5.74, 6) is -0.389. The van der Waals surface area contributed by atoms with E-state index >= 15 is 0 Å². The topological polar surface area (TPSA) is 89.1 Å². The molecule has 3 rings (SSSR count). The van der Waals surface area contributed by atoms with Gasteiger partial charge >= 0.3 is 5.97 Å². The van der Waals surface area contributed by atoms with Gasteiger partial charge in [0.25, 0.3) is 0 Å². The van der Waals surface area contributed by atoms with Gasteiger partial charge in [0.05, 0.1) is 11.1 Å². The van der Waals surface area contributed by atoms with E-state index in [0.717, 1.165) is 0 Å². The lowest BCUT2D eigenvalue weighted by Gasteiger charge is -1.97. The highest BCUT2D eigenvalue weighted by atomic mass is 16.4. The molecule has 0 atom stereocenters. The van der Waals surface area contributed by atoms with Crippen molar-refractivity contribution in [3.8, 4) is 22.9 Å². The van der Waals surface area contributed by atoms with Crippen molar-refractivity contribution >= 4 is 5.97 Å². The van der Waals surface area contributed by atoms with Crippen molar-refractivity contribution in [1.82, 2.24) is 15.2 Å². The summed E-state index contributed by atoms with van der Waals surface area (Å²) >= 11 is 0. The van der Waals surface area contributed by atoms with Crippen molar-refractivity contribution in [1.29, 1.82) is 0 Å². The van der Waals surface area contributed by atoms with Crippen molar-refractivity contribution in [3.05, 3.63) is 54.4 Å². The number of carboxylic acid groups (broad SMARTS) is 1. The fraction of sp³-hybridized carbons (Fsp3) is 0. The molecular formula is C14H9N3O3. The summed E-state index contributed by atoms with van der Waals surface area (Å²) < 4.78 is 5.54. The zero-order valence-electron chi connectivity index (χ0n) is 10.2. The number of nitrogens with zero attached hydrogens (tertiary/aromatic N) is 3. The first-order valence-electron chi connectivity index (χ1n) is 5.81. The Morgan fingerprint density at radius 2 is 1.80 bits per heavy atom. The summed E-state index contributed by atoms with van der Waals surface area (Å²) in [7, 11) is 0. The van der Waals surface area contributed by atoms with Crippen LogP contribution in [0, 0.1) is 0 Å². The van der Waals surface area contributed by atoms with E-state index in [9.17, 15) is 4.79 Å². The molecule has 0 saturated heterocycles. The average Bonchev–Trinajstić information content (AvgIpc) is 2.98. The minimum absolute atomic E-state index is 0.170. The zero-order valence-corrected chi connectivity index (χ0v) is 10.2. The summed E-state index contributed by atoms with van der Waals surface area (Å²) in [6.07, 6.45) is 3.27. The summed E-state index contributed by atoms with van der Waals surface area (Å²) in [5.41, 5.74) is 1.44. The van der Waals surface area contributed by atoms with Gasteiger partial charge in [-0.1, -0.05) is 6.07 Å². The van der Waals surface area contributed by atoms with Crippen molar-refractivity contribution < 1.29 is 14.3 Å². The second kappa shape index (κ2) is 4.93. The smallest absolute Gasteiger partial charge is 0.335 e. The minimum Gasteiger partial charge on any atom is -0.478 e. The molecule has 0 spiro atoms. The summed E-state index contributed by atoms with van der Waals surface area (Å²) in [5, 5.41) is 16.8. The van der Waals surface area contributed by atoms with Gasteiger partial charge in [0, 0.05) is 18.0 Å². The molecule has 0 aliphatic carbocycles. The van der Waals surface area contributed by atoms with Crippen LogP contribution >= 0.6 is 0 Å². The zero-order chi connectivity index (χ0) is 13.9. The van der Waals surface area contributed by atoms with Crippen LogP contribution in [-0.2, 0) is 0 Å². The molecule has 0 fully saturated rings. The van der Waals surface area contributed by atoms with Gasteiger partial charge in [-0.05, 0) is 30.3 Å². The van der Waals surface area contributed by atoms with E-state index in [2.05, 4.69) is 15.2 Å². The third-order valence-electron chi connectivity index (χ3n) is 2.69. The van der Waals surface area contributed by atoms with Crippen molar-refractivity contribution in [2.24, 2.45) is 0 Å². The molecular weight excluding hydrogens is 258 g/mol. The number of pyridine rings is 1. The number of carboxylic acids is 1. The summed E-state index contributed by atoms with van der Waals surface area (Å²) in [4.78, 5) is 14.9. The molecule has 0 aliphatic rings. The maximum atomic E-state index is 10.9. The lowest BCUT2D eigenvalue weighted by molar-refractivity contribution is 0.0697. The second-order valence-electron chi connectivity index (χ2n) is 4.04. The van der Waals surface area contributed by atoms with Crippen LogP contribution in [0.25, 0.3) is 22.9 Å². The first kappa shape index (κ1) is 12.0. The van der Waals surface area contributed by atoms with Gasteiger partial charge in [0.1, 0.15) is 0 Å². The third kappa shape index (κ3) is 2.26. The Labute approximate surface area is 113 Å². The Morgan fingerprint density at radius 1 is 1.05 bits per heavy atom. The highest BCUT2D eigenvalue weighted by Crippen LogP contribution is 2.23. The van der Waals surface area contributed by atoms with Crippen LogP contribution in [0.4, 0.5) is 0 Å². The number of hydrogen-bond acceptors (Lipinski definition) is 5. The number of hydrogen-bond donors (Lipinski definition) is 1. The monoisotopic (exact) mass is 267 g/mol. The van der Waals surface area contributed by atoms with E-state index in [4.69, 9.17) is 9.52 Å². The van der Waals surface area contributed by atoms with Crippen LogP contribution < -0.4 is 0 Å². The normalized spacial score (nSPS) is 10.4. The summed E-state index contributed by atoms with van der Waals surface area (Å²) in [6, 6.07) is 9.91. The van der Waals surface area contributed by atoms with Crippen molar-refractivity contribution in [2.75, 3.05) is 0 Å². The van der Waals surface area contributed by atoms with Gasteiger partial charge in [0.2, 0.25) is 11.8 Å². The quantitative estimate of drug-likeness (QED) is 0.784. The largest absolute Gasteiger partial charge is 0.478 e. The van der Waals surface area contributed by atoms with Crippen molar-refractivity contribution in [2.45, 2.75) is 0 Å². The van der Waals surface area contributed by atoms with E-state index in [1.807, 2.05) is 0 Å². The molecule has 20 heavy (non-hydrogen) atoms. The first-order chi connectivity index (χ1) is 9.74. The van der Waals surface area contributed by atoms with Gasteiger partial charge < -0.3 is 9.52 Å². The molecule has 0 saturated carbocycles. The van der Waals surface area contributed by atoms with Gasteiger partial charge in [-0.25, -0.2) is 4.79 Å². The molecule has 1 N–H and O–H groups in total. The lowest BCUT2D eigenvalue weighted by Crippen LogP contribution is -1.95. The fourth-order valence-electron chi connectivity index (χ4n) is 1.73. The Kier molecular flexibility index (Phi) is 2.96. The predicted molar refractivity (Wildman–Crippen MR) is 69.9 cm³/mol. The maximum Gasteiger partial charge on any atom is 0.335 e. The second-order valence-corrected chi connectivity index (χ2v) is 4.04. The first-order valence-corrected chi connectivity index (χ1v) is 5.81. The number of rotatable bonds is 3. The van der Waals surface area contributed by atoms with Gasteiger partial charge in [-0.3, -0.25) is 4.98 Å². The van der Waals surface area contributed by atoms with Gasteiger partial charge in [-0.2, -0.15) is 0 Å². The van der Waals surface area contributed by atoms with E-state index in [1.165, 1.54) is 12.1 Å². The SMILES string of the molecule is O=C(O)c1cccc(-c2nnc(-c3cccnc3)o2)c1. The van der Waals surface area contributed by atoms with Crippen molar-refractivity contribution in [3.63, 3.8) is 0 Å². The molecule has 98 valence electrons. The number of benzene rings is 1. The number of aromatic nitrogens is 3. The van der Waals surface area contributed by atoms with Crippen LogP contribution in [0.3, 0.4) is 0 Å². The van der Waals surface area contributed by atoms with Gasteiger partial charge in [-0.15, -0.1) is 10.2 Å². The Hall–Kier alpha value is -3.02. The van der Waals surface area contributed by atoms with E-state index < -0.39 is 5.97 Å². The van der Waals surface area contributed by atoms with Crippen LogP contribution in [0.5, 0.6) is 0 Å². The maximum absolute atomic E-state index is 10.9. The average molecular weight is 267 g/mol. The minimum atomic E-state index is -1.00. The van der Waals surface area contributed by atoms with Crippen LogP contribution in [0.15, 0.2) is 53.2 Å². The lowest BCUT2D eigenvalue weighted by atomic mass is 10.1. The standard InChI is InChI=1S/C14H9N3O3/c18-14(19)10-4-1-3-9(7-10)12-16-17-13(20-12)11-5-2-6-15-8-11/h1-8H,(H,18,19). The molecule has 2 heterocycles.